The Bertz CT molecular complexity index is 758. The Labute approximate surface area is 178 Å². The fraction of sp³-hybridized carbons (Fsp3) is 0.478. The SMILES string of the molecule is Cc1cccc(C)c1OCCOCC(O)CN1CCN(c2cccc(Cl)c2)CC1. The van der Waals surface area contributed by atoms with Gasteiger partial charge < -0.3 is 19.5 Å². The Morgan fingerprint density at radius 3 is 2.38 bits per heavy atom. The monoisotopic (exact) mass is 418 g/mol. The zero-order chi connectivity index (χ0) is 20.6. The van der Waals surface area contributed by atoms with Crippen molar-refractivity contribution >= 4 is 17.3 Å². The third-order valence-corrected chi connectivity index (χ3v) is 5.44. The highest BCUT2D eigenvalue weighted by molar-refractivity contribution is 6.30. The lowest BCUT2D eigenvalue weighted by atomic mass is 10.1. The molecule has 158 valence electrons. The molecule has 6 heteroatoms. The minimum Gasteiger partial charge on any atom is -0.491 e. The number of halogens is 1. The second kappa shape index (κ2) is 10.8. The van der Waals surface area contributed by atoms with E-state index in [2.05, 4.69) is 15.9 Å². The molecule has 1 aliphatic rings. The number of piperazine rings is 1. The van der Waals surface area contributed by atoms with Crippen LogP contribution in [-0.2, 0) is 4.74 Å². The van der Waals surface area contributed by atoms with Crippen LogP contribution in [0.3, 0.4) is 0 Å². The molecule has 1 atom stereocenters. The van der Waals surface area contributed by atoms with E-state index in [9.17, 15) is 5.11 Å². The molecule has 2 aromatic carbocycles. The van der Waals surface area contributed by atoms with Crippen LogP contribution < -0.4 is 9.64 Å². The van der Waals surface area contributed by atoms with Crippen LogP contribution >= 0.6 is 11.6 Å². The molecule has 5 nitrogen and oxygen atoms in total. The van der Waals surface area contributed by atoms with E-state index in [0.29, 0.717) is 26.4 Å². The molecule has 0 radical (unpaired) electrons. The van der Waals surface area contributed by atoms with Gasteiger partial charge in [-0.1, -0.05) is 35.9 Å². The third-order valence-electron chi connectivity index (χ3n) is 5.21. The van der Waals surface area contributed by atoms with Crippen LogP contribution in [0.5, 0.6) is 5.75 Å². The Kier molecular flexibility index (Phi) is 8.19. The minimum absolute atomic E-state index is 0.324. The number of rotatable bonds is 9. The summed E-state index contributed by atoms with van der Waals surface area (Å²) in [7, 11) is 0. The molecule has 2 aromatic rings. The minimum atomic E-state index is -0.493. The fourth-order valence-electron chi connectivity index (χ4n) is 3.66. The van der Waals surface area contributed by atoms with Crippen LogP contribution in [0.2, 0.25) is 5.02 Å². The van der Waals surface area contributed by atoms with Gasteiger partial charge in [0.1, 0.15) is 12.4 Å². The van der Waals surface area contributed by atoms with E-state index in [1.54, 1.807) is 0 Å². The Hall–Kier alpha value is -1.79. The highest BCUT2D eigenvalue weighted by atomic mass is 35.5. The van der Waals surface area contributed by atoms with Crippen molar-refractivity contribution in [3.8, 4) is 5.75 Å². The lowest BCUT2D eigenvalue weighted by molar-refractivity contribution is 0.00707. The molecule has 0 amide bonds. The van der Waals surface area contributed by atoms with Crippen LogP contribution in [0.25, 0.3) is 0 Å². The molecule has 0 aromatic heterocycles. The second-order valence-electron chi connectivity index (χ2n) is 7.57. The summed E-state index contributed by atoms with van der Waals surface area (Å²) in [5, 5.41) is 11.0. The molecule has 0 saturated carbocycles. The Morgan fingerprint density at radius 2 is 1.69 bits per heavy atom. The smallest absolute Gasteiger partial charge is 0.125 e. The summed E-state index contributed by atoms with van der Waals surface area (Å²) in [5.74, 6) is 0.925. The first-order chi connectivity index (χ1) is 14.0. The maximum absolute atomic E-state index is 10.3. The first kappa shape index (κ1) is 21.9. The first-order valence-electron chi connectivity index (χ1n) is 10.2. The summed E-state index contributed by atoms with van der Waals surface area (Å²) in [6.07, 6.45) is -0.493. The van der Waals surface area contributed by atoms with Crippen LogP contribution in [0.1, 0.15) is 11.1 Å². The van der Waals surface area contributed by atoms with Gasteiger partial charge in [-0.15, -0.1) is 0 Å². The van der Waals surface area contributed by atoms with Gasteiger partial charge in [0.25, 0.3) is 0 Å². The number of hydrogen-bond acceptors (Lipinski definition) is 5. The Balaban J connectivity index is 1.31. The fourth-order valence-corrected chi connectivity index (χ4v) is 3.85. The molecule has 1 saturated heterocycles. The highest BCUT2D eigenvalue weighted by Gasteiger charge is 2.19. The molecule has 1 heterocycles. The van der Waals surface area contributed by atoms with E-state index in [1.165, 1.54) is 0 Å². The molecular weight excluding hydrogens is 388 g/mol. The van der Waals surface area contributed by atoms with Crippen molar-refractivity contribution < 1.29 is 14.6 Å². The molecule has 1 unspecified atom stereocenters. The summed E-state index contributed by atoms with van der Waals surface area (Å²) < 4.78 is 11.4. The number of para-hydroxylation sites is 1. The number of anilines is 1. The molecule has 1 fully saturated rings. The molecule has 1 aliphatic heterocycles. The molecule has 0 bridgehead atoms. The quantitative estimate of drug-likeness (QED) is 0.631. The molecular formula is C23H31ClN2O3. The second-order valence-corrected chi connectivity index (χ2v) is 8.00. The molecule has 0 aliphatic carbocycles. The van der Waals surface area contributed by atoms with E-state index in [0.717, 1.165) is 53.8 Å². The number of nitrogens with zero attached hydrogens (tertiary/aromatic N) is 2. The lowest BCUT2D eigenvalue weighted by Crippen LogP contribution is -2.49. The molecule has 1 N–H and O–H groups in total. The van der Waals surface area contributed by atoms with E-state index in [1.807, 2.05) is 50.2 Å². The number of hydrogen-bond donors (Lipinski definition) is 1. The standard InChI is InChI=1S/C23H31ClN2O3/c1-18-5-3-6-19(2)23(18)29-14-13-28-17-22(27)16-25-9-11-26(12-10-25)21-8-4-7-20(24)15-21/h3-8,15,22,27H,9-14,16-17H2,1-2H3. The number of aliphatic hydroxyl groups is 1. The summed E-state index contributed by atoms with van der Waals surface area (Å²) in [5.41, 5.74) is 3.41. The van der Waals surface area contributed by atoms with E-state index in [4.69, 9.17) is 21.1 Å². The van der Waals surface area contributed by atoms with Crippen molar-refractivity contribution in [2.75, 3.05) is 57.4 Å². The maximum Gasteiger partial charge on any atom is 0.125 e. The number of β-amino-alcohol motifs (C(OH)–C–C–N with tert-alkyl or cyclic N) is 1. The van der Waals surface area contributed by atoms with Gasteiger partial charge in [0.05, 0.1) is 19.3 Å². The van der Waals surface area contributed by atoms with Gasteiger partial charge in [-0.25, -0.2) is 0 Å². The summed E-state index contributed by atoms with van der Waals surface area (Å²) in [6, 6.07) is 14.1. The van der Waals surface area contributed by atoms with Gasteiger partial charge in [0.15, 0.2) is 0 Å². The normalized spacial score (nSPS) is 16.1. The summed E-state index contributed by atoms with van der Waals surface area (Å²) in [4.78, 5) is 4.61. The number of benzene rings is 2. The molecule has 3 rings (SSSR count). The summed E-state index contributed by atoms with van der Waals surface area (Å²) in [6.45, 7) is 9.67. The van der Waals surface area contributed by atoms with Gasteiger partial charge >= 0.3 is 0 Å². The summed E-state index contributed by atoms with van der Waals surface area (Å²) >= 11 is 6.09. The van der Waals surface area contributed by atoms with Crippen LogP contribution in [-0.4, -0.2) is 68.7 Å². The van der Waals surface area contributed by atoms with Crippen LogP contribution in [0.15, 0.2) is 42.5 Å². The van der Waals surface area contributed by atoms with E-state index >= 15 is 0 Å². The predicted molar refractivity (Wildman–Crippen MR) is 118 cm³/mol. The maximum atomic E-state index is 10.3. The Morgan fingerprint density at radius 1 is 1.00 bits per heavy atom. The van der Waals surface area contributed by atoms with Crippen molar-refractivity contribution in [1.29, 1.82) is 0 Å². The average Bonchev–Trinajstić information content (AvgIpc) is 2.70. The van der Waals surface area contributed by atoms with Crippen molar-refractivity contribution in [1.82, 2.24) is 4.90 Å². The van der Waals surface area contributed by atoms with Gasteiger partial charge in [0.2, 0.25) is 0 Å². The average molecular weight is 419 g/mol. The first-order valence-corrected chi connectivity index (χ1v) is 10.6. The van der Waals surface area contributed by atoms with Gasteiger partial charge in [-0.05, 0) is 43.2 Å². The number of aryl methyl sites for hydroxylation is 2. The van der Waals surface area contributed by atoms with Crippen molar-refractivity contribution in [3.63, 3.8) is 0 Å². The van der Waals surface area contributed by atoms with Crippen molar-refractivity contribution in [3.05, 3.63) is 58.6 Å². The lowest BCUT2D eigenvalue weighted by Gasteiger charge is -2.36. The van der Waals surface area contributed by atoms with E-state index in [-0.39, 0.29) is 0 Å². The number of ether oxygens (including phenoxy) is 2. The largest absolute Gasteiger partial charge is 0.491 e. The topological polar surface area (TPSA) is 45.2 Å². The van der Waals surface area contributed by atoms with Gasteiger partial charge in [-0.3, -0.25) is 4.90 Å². The third kappa shape index (κ3) is 6.61. The molecule has 0 spiro atoms. The predicted octanol–water partition coefficient (Wildman–Crippen LogP) is 3.54. The zero-order valence-corrected chi connectivity index (χ0v) is 18.1. The van der Waals surface area contributed by atoms with E-state index < -0.39 is 6.10 Å². The van der Waals surface area contributed by atoms with Gasteiger partial charge in [-0.2, -0.15) is 0 Å². The van der Waals surface area contributed by atoms with Crippen LogP contribution in [0.4, 0.5) is 5.69 Å². The number of aliphatic hydroxyl groups excluding tert-OH is 1. The van der Waals surface area contributed by atoms with Gasteiger partial charge in [0, 0.05) is 43.4 Å². The van der Waals surface area contributed by atoms with Crippen molar-refractivity contribution in [2.45, 2.75) is 20.0 Å². The highest BCUT2D eigenvalue weighted by Crippen LogP contribution is 2.22. The van der Waals surface area contributed by atoms with Crippen molar-refractivity contribution in [2.24, 2.45) is 0 Å². The molecule has 29 heavy (non-hydrogen) atoms. The zero-order valence-electron chi connectivity index (χ0n) is 17.3. The van der Waals surface area contributed by atoms with Crippen LogP contribution in [0, 0.1) is 13.8 Å².